The lowest BCUT2D eigenvalue weighted by Crippen LogP contribution is -2.27. The van der Waals surface area contributed by atoms with E-state index in [9.17, 15) is 17.6 Å². The van der Waals surface area contributed by atoms with E-state index in [-0.39, 0.29) is 15.5 Å². The Hall–Kier alpha value is -2.90. The third kappa shape index (κ3) is 4.58. The highest BCUT2D eigenvalue weighted by Gasteiger charge is 2.22. The molecule has 1 amide bonds. The number of hydrogen-bond acceptors (Lipinski definition) is 3. The van der Waals surface area contributed by atoms with Crippen LogP contribution in [0.5, 0.6) is 0 Å². The minimum absolute atomic E-state index is 0.0219. The van der Waals surface area contributed by atoms with Crippen molar-refractivity contribution in [2.75, 3.05) is 16.7 Å². The lowest BCUT2D eigenvalue weighted by Gasteiger charge is -2.20. The number of carbonyl (C=O) groups is 1. The van der Waals surface area contributed by atoms with Crippen LogP contribution in [-0.4, -0.2) is 21.4 Å². The maximum absolute atomic E-state index is 13.3. The average Bonchev–Trinajstić information content (AvgIpc) is 2.70. The van der Waals surface area contributed by atoms with Gasteiger partial charge in [-0.2, -0.15) is 0 Å². The van der Waals surface area contributed by atoms with E-state index in [0.29, 0.717) is 11.4 Å². The standard InChI is InChI=1S/C21H18ClFN2O3S/c1-14-5-3-7-17(11-14)25(2)29(27,28)18-8-4-6-15(12-18)21(26)24-16-9-10-20(23)19(22)13-16/h3-13H,1-2H3,(H,24,26). The number of halogens is 2. The minimum Gasteiger partial charge on any atom is -0.322 e. The van der Waals surface area contributed by atoms with Crippen molar-refractivity contribution < 1.29 is 17.6 Å². The SMILES string of the molecule is Cc1cccc(N(C)S(=O)(=O)c2cccc(C(=O)Nc3ccc(F)c(Cl)c3)c2)c1. The van der Waals surface area contributed by atoms with Gasteiger partial charge in [0.2, 0.25) is 0 Å². The fourth-order valence-electron chi connectivity index (χ4n) is 2.70. The smallest absolute Gasteiger partial charge is 0.264 e. The number of rotatable bonds is 5. The van der Waals surface area contributed by atoms with Crippen LogP contribution >= 0.6 is 11.6 Å². The first-order chi connectivity index (χ1) is 13.7. The second-order valence-corrected chi connectivity index (χ2v) is 8.80. The molecule has 0 aliphatic carbocycles. The van der Waals surface area contributed by atoms with Crippen LogP contribution in [0.1, 0.15) is 15.9 Å². The van der Waals surface area contributed by atoms with Gasteiger partial charge in [-0.3, -0.25) is 9.10 Å². The van der Waals surface area contributed by atoms with E-state index in [0.717, 1.165) is 15.9 Å². The van der Waals surface area contributed by atoms with Crippen molar-refractivity contribution in [1.82, 2.24) is 0 Å². The van der Waals surface area contributed by atoms with Crippen molar-refractivity contribution in [2.45, 2.75) is 11.8 Å². The number of benzene rings is 3. The number of aryl methyl sites for hydroxylation is 1. The molecule has 3 aromatic rings. The van der Waals surface area contributed by atoms with Crippen molar-refractivity contribution in [3.05, 3.63) is 88.7 Å². The third-order valence-electron chi connectivity index (χ3n) is 4.30. The third-order valence-corrected chi connectivity index (χ3v) is 6.37. The van der Waals surface area contributed by atoms with Crippen molar-refractivity contribution in [3.8, 4) is 0 Å². The molecule has 0 heterocycles. The Morgan fingerprint density at radius 3 is 2.45 bits per heavy atom. The molecule has 150 valence electrons. The van der Waals surface area contributed by atoms with E-state index in [1.807, 2.05) is 13.0 Å². The summed E-state index contributed by atoms with van der Waals surface area (Å²) in [6, 6.07) is 16.6. The van der Waals surface area contributed by atoms with E-state index in [2.05, 4.69) is 5.32 Å². The molecule has 0 saturated carbocycles. The van der Waals surface area contributed by atoms with Gasteiger partial charge in [-0.25, -0.2) is 12.8 Å². The Labute approximate surface area is 173 Å². The topological polar surface area (TPSA) is 66.5 Å². The lowest BCUT2D eigenvalue weighted by molar-refractivity contribution is 0.102. The fraction of sp³-hybridized carbons (Fsp3) is 0.0952. The molecule has 0 spiro atoms. The van der Waals surface area contributed by atoms with Crippen molar-refractivity contribution in [3.63, 3.8) is 0 Å². The summed E-state index contributed by atoms with van der Waals surface area (Å²) in [5.41, 5.74) is 1.88. The number of hydrogen-bond donors (Lipinski definition) is 1. The molecule has 3 aromatic carbocycles. The van der Waals surface area contributed by atoms with Gasteiger partial charge in [0, 0.05) is 18.3 Å². The molecule has 0 unspecified atom stereocenters. The van der Waals surface area contributed by atoms with Gasteiger partial charge >= 0.3 is 0 Å². The van der Waals surface area contributed by atoms with Gasteiger partial charge in [0.1, 0.15) is 5.82 Å². The summed E-state index contributed by atoms with van der Waals surface area (Å²) in [6.45, 7) is 1.87. The van der Waals surface area contributed by atoms with Crippen LogP contribution in [0.2, 0.25) is 5.02 Å². The Morgan fingerprint density at radius 1 is 1.03 bits per heavy atom. The van der Waals surface area contributed by atoms with Crippen LogP contribution in [0.15, 0.2) is 71.6 Å². The van der Waals surface area contributed by atoms with E-state index >= 15 is 0 Å². The molecular weight excluding hydrogens is 415 g/mol. The summed E-state index contributed by atoms with van der Waals surface area (Å²) < 4.78 is 40.4. The quantitative estimate of drug-likeness (QED) is 0.625. The number of sulfonamides is 1. The summed E-state index contributed by atoms with van der Waals surface area (Å²) in [7, 11) is -2.41. The Balaban J connectivity index is 1.87. The molecule has 5 nitrogen and oxygen atoms in total. The van der Waals surface area contributed by atoms with E-state index < -0.39 is 21.7 Å². The zero-order valence-electron chi connectivity index (χ0n) is 15.7. The summed E-state index contributed by atoms with van der Waals surface area (Å²) in [5.74, 6) is -1.14. The van der Waals surface area contributed by atoms with Gasteiger partial charge in [-0.1, -0.05) is 29.8 Å². The lowest BCUT2D eigenvalue weighted by atomic mass is 10.2. The normalized spacial score (nSPS) is 11.2. The second kappa shape index (κ2) is 8.23. The van der Waals surface area contributed by atoms with Gasteiger partial charge in [0.25, 0.3) is 15.9 Å². The molecular formula is C21H18ClFN2O3S. The number of amides is 1. The molecule has 0 aliphatic heterocycles. The maximum atomic E-state index is 13.3. The summed E-state index contributed by atoms with van der Waals surface area (Å²) in [4.78, 5) is 12.5. The van der Waals surface area contributed by atoms with Crippen LogP contribution in [0.4, 0.5) is 15.8 Å². The van der Waals surface area contributed by atoms with Crippen molar-refractivity contribution >= 4 is 38.9 Å². The number of nitrogens with zero attached hydrogens (tertiary/aromatic N) is 1. The highest BCUT2D eigenvalue weighted by atomic mass is 35.5. The predicted molar refractivity (Wildman–Crippen MR) is 113 cm³/mol. The molecule has 0 radical (unpaired) electrons. The van der Waals surface area contributed by atoms with Gasteiger partial charge in [-0.05, 0) is 61.0 Å². The zero-order valence-corrected chi connectivity index (χ0v) is 17.3. The number of nitrogens with one attached hydrogen (secondary N) is 1. The molecule has 0 saturated heterocycles. The first-order valence-corrected chi connectivity index (χ1v) is 10.4. The molecule has 0 bridgehead atoms. The van der Waals surface area contributed by atoms with Gasteiger partial charge in [-0.15, -0.1) is 0 Å². The summed E-state index contributed by atoms with van der Waals surface area (Å²) >= 11 is 5.72. The molecule has 3 rings (SSSR count). The van der Waals surface area contributed by atoms with Crippen LogP contribution < -0.4 is 9.62 Å². The van der Waals surface area contributed by atoms with Crippen LogP contribution in [0.25, 0.3) is 0 Å². The summed E-state index contributed by atoms with van der Waals surface area (Å²) in [5, 5.41) is 2.45. The Morgan fingerprint density at radius 2 is 1.76 bits per heavy atom. The van der Waals surface area contributed by atoms with Crippen molar-refractivity contribution in [1.29, 1.82) is 0 Å². The zero-order chi connectivity index (χ0) is 21.2. The highest BCUT2D eigenvalue weighted by molar-refractivity contribution is 7.92. The van der Waals surface area contributed by atoms with Crippen LogP contribution in [0.3, 0.4) is 0 Å². The Bertz CT molecular complexity index is 1180. The summed E-state index contributed by atoms with van der Waals surface area (Å²) in [6.07, 6.45) is 0. The van der Waals surface area contributed by atoms with Gasteiger partial charge in [0.15, 0.2) is 0 Å². The van der Waals surface area contributed by atoms with Crippen LogP contribution in [-0.2, 0) is 10.0 Å². The van der Waals surface area contributed by atoms with E-state index in [4.69, 9.17) is 11.6 Å². The second-order valence-electron chi connectivity index (χ2n) is 6.42. The van der Waals surface area contributed by atoms with E-state index in [1.54, 1.807) is 18.2 Å². The highest BCUT2D eigenvalue weighted by Crippen LogP contribution is 2.24. The first kappa shape index (κ1) is 20.8. The molecule has 0 fully saturated rings. The largest absolute Gasteiger partial charge is 0.322 e. The minimum atomic E-state index is -3.87. The molecule has 8 heteroatoms. The van der Waals surface area contributed by atoms with E-state index in [1.165, 1.54) is 43.4 Å². The molecule has 0 aliphatic rings. The first-order valence-electron chi connectivity index (χ1n) is 8.60. The molecule has 0 aromatic heterocycles. The van der Waals surface area contributed by atoms with Crippen molar-refractivity contribution in [2.24, 2.45) is 0 Å². The molecule has 0 atom stereocenters. The van der Waals surface area contributed by atoms with Gasteiger partial charge < -0.3 is 5.32 Å². The number of carbonyl (C=O) groups excluding carboxylic acids is 1. The maximum Gasteiger partial charge on any atom is 0.264 e. The fourth-order valence-corrected chi connectivity index (χ4v) is 4.11. The predicted octanol–water partition coefficient (Wildman–Crippen LogP) is 4.86. The average molecular weight is 433 g/mol. The monoisotopic (exact) mass is 432 g/mol. The molecule has 1 N–H and O–H groups in total. The molecule has 29 heavy (non-hydrogen) atoms. The van der Waals surface area contributed by atoms with Crippen LogP contribution in [0, 0.1) is 12.7 Å². The Kier molecular flexibility index (Phi) is 5.91. The number of anilines is 2. The van der Waals surface area contributed by atoms with Gasteiger partial charge in [0.05, 0.1) is 15.6 Å².